The Kier molecular flexibility index (Phi) is 5.72. The Bertz CT molecular complexity index is 651. The molecule has 0 bridgehead atoms. The summed E-state index contributed by atoms with van der Waals surface area (Å²) in [6.07, 6.45) is 5.76. The van der Waals surface area contributed by atoms with E-state index >= 15 is 0 Å². The molecule has 0 radical (unpaired) electrons. The number of carbonyl (C=O) groups excluding carboxylic acids is 1. The van der Waals surface area contributed by atoms with Crippen LogP contribution in [-0.4, -0.2) is 24.5 Å². The molecule has 4 nitrogen and oxygen atoms in total. The monoisotopic (exact) mass is 296 g/mol. The molecule has 1 aromatic carbocycles. The third kappa shape index (κ3) is 4.74. The Morgan fingerprint density at radius 1 is 1.32 bits per heavy atom. The van der Waals surface area contributed by atoms with Crippen molar-refractivity contribution in [1.82, 2.24) is 10.3 Å². The largest absolute Gasteiger partial charge is 0.496 e. The van der Waals surface area contributed by atoms with Gasteiger partial charge in [0.2, 0.25) is 5.91 Å². The van der Waals surface area contributed by atoms with Crippen molar-refractivity contribution in [2.45, 2.75) is 13.3 Å². The van der Waals surface area contributed by atoms with Crippen molar-refractivity contribution in [3.63, 3.8) is 0 Å². The van der Waals surface area contributed by atoms with Gasteiger partial charge in [-0.2, -0.15) is 0 Å². The van der Waals surface area contributed by atoms with Crippen LogP contribution in [0.5, 0.6) is 5.75 Å². The Labute approximate surface area is 130 Å². The SMILES string of the molecule is COc1ccc(C)cc1/C=C/C(=O)NCCc1ccccn1. The maximum absolute atomic E-state index is 11.8. The van der Waals surface area contributed by atoms with E-state index < -0.39 is 0 Å². The van der Waals surface area contributed by atoms with Gasteiger partial charge in [0.25, 0.3) is 0 Å². The van der Waals surface area contributed by atoms with Gasteiger partial charge in [-0.05, 0) is 37.3 Å². The number of amides is 1. The lowest BCUT2D eigenvalue weighted by molar-refractivity contribution is -0.116. The summed E-state index contributed by atoms with van der Waals surface area (Å²) in [4.78, 5) is 16.0. The van der Waals surface area contributed by atoms with E-state index in [0.717, 1.165) is 22.6 Å². The van der Waals surface area contributed by atoms with Crippen LogP contribution in [0, 0.1) is 6.92 Å². The molecule has 114 valence electrons. The van der Waals surface area contributed by atoms with Gasteiger partial charge in [-0.15, -0.1) is 0 Å². The van der Waals surface area contributed by atoms with E-state index in [1.807, 2.05) is 43.3 Å². The maximum atomic E-state index is 11.8. The molecule has 2 aromatic rings. The van der Waals surface area contributed by atoms with E-state index in [2.05, 4.69) is 10.3 Å². The fourth-order valence-corrected chi connectivity index (χ4v) is 2.07. The first-order chi connectivity index (χ1) is 10.7. The lowest BCUT2D eigenvalue weighted by Gasteiger charge is -2.06. The first-order valence-corrected chi connectivity index (χ1v) is 7.19. The molecule has 1 N–H and O–H groups in total. The van der Waals surface area contributed by atoms with Gasteiger partial charge in [-0.1, -0.05) is 17.7 Å². The molecule has 2 rings (SSSR count). The van der Waals surface area contributed by atoms with Crippen LogP contribution < -0.4 is 10.1 Å². The zero-order valence-corrected chi connectivity index (χ0v) is 12.9. The molecule has 0 fully saturated rings. The van der Waals surface area contributed by atoms with Crippen molar-refractivity contribution in [1.29, 1.82) is 0 Å². The van der Waals surface area contributed by atoms with Gasteiger partial charge in [0.05, 0.1) is 7.11 Å². The van der Waals surface area contributed by atoms with Crippen molar-refractivity contribution < 1.29 is 9.53 Å². The second kappa shape index (κ2) is 7.98. The Morgan fingerprint density at radius 2 is 2.18 bits per heavy atom. The van der Waals surface area contributed by atoms with Crippen LogP contribution in [0.25, 0.3) is 6.08 Å². The molecule has 1 aromatic heterocycles. The smallest absolute Gasteiger partial charge is 0.244 e. The molecule has 0 saturated carbocycles. The van der Waals surface area contributed by atoms with Crippen molar-refractivity contribution in [3.05, 3.63) is 65.5 Å². The molecular formula is C18H20N2O2. The van der Waals surface area contributed by atoms with E-state index in [1.165, 1.54) is 6.08 Å². The second-order valence-electron chi connectivity index (χ2n) is 4.94. The average molecular weight is 296 g/mol. The third-order valence-corrected chi connectivity index (χ3v) is 3.21. The van der Waals surface area contributed by atoms with Crippen LogP contribution in [0.15, 0.2) is 48.7 Å². The quantitative estimate of drug-likeness (QED) is 0.834. The number of benzene rings is 1. The van der Waals surface area contributed by atoms with Gasteiger partial charge in [0.15, 0.2) is 0 Å². The standard InChI is InChI=1S/C18H20N2O2/c1-14-6-8-17(22-2)15(13-14)7-9-18(21)20-12-10-16-5-3-4-11-19-16/h3-9,11,13H,10,12H2,1-2H3,(H,20,21)/b9-7+. The molecule has 0 aliphatic carbocycles. The highest BCUT2D eigenvalue weighted by Gasteiger charge is 2.01. The number of pyridine rings is 1. The number of nitrogens with one attached hydrogen (secondary N) is 1. The molecular weight excluding hydrogens is 276 g/mol. The molecule has 1 heterocycles. The van der Waals surface area contributed by atoms with Gasteiger partial charge in [0, 0.05) is 36.5 Å². The normalized spacial score (nSPS) is 10.6. The number of hydrogen-bond acceptors (Lipinski definition) is 3. The summed E-state index contributed by atoms with van der Waals surface area (Å²) in [7, 11) is 1.62. The number of aromatic nitrogens is 1. The van der Waals surface area contributed by atoms with Crippen LogP contribution >= 0.6 is 0 Å². The third-order valence-electron chi connectivity index (χ3n) is 3.21. The van der Waals surface area contributed by atoms with Crippen LogP contribution in [-0.2, 0) is 11.2 Å². The van der Waals surface area contributed by atoms with Crippen LogP contribution in [0.1, 0.15) is 16.8 Å². The topological polar surface area (TPSA) is 51.2 Å². The van der Waals surface area contributed by atoms with Crippen LogP contribution in [0.3, 0.4) is 0 Å². The minimum atomic E-state index is -0.125. The minimum Gasteiger partial charge on any atom is -0.496 e. The Hall–Kier alpha value is -2.62. The molecule has 0 unspecified atom stereocenters. The molecule has 22 heavy (non-hydrogen) atoms. The highest BCUT2D eigenvalue weighted by atomic mass is 16.5. The van der Waals surface area contributed by atoms with Gasteiger partial charge in [-0.3, -0.25) is 9.78 Å². The zero-order chi connectivity index (χ0) is 15.8. The number of ether oxygens (including phenoxy) is 1. The lowest BCUT2D eigenvalue weighted by atomic mass is 10.1. The van der Waals surface area contributed by atoms with Crippen molar-refractivity contribution >= 4 is 12.0 Å². The summed E-state index contributed by atoms with van der Waals surface area (Å²) in [5.74, 6) is 0.627. The number of aryl methyl sites for hydroxylation is 1. The second-order valence-corrected chi connectivity index (χ2v) is 4.94. The first kappa shape index (κ1) is 15.8. The zero-order valence-electron chi connectivity index (χ0n) is 12.9. The molecule has 0 aliphatic rings. The summed E-state index contributed by atoms with van der Waals surface area (Å²) < 4.78 is 5.28. The van der Waals surface area contributed by atoms with E-state index in [-0.39, 0.29) is 5.91 Å². The summed E-state index contributed by atoms with van der Waals surface area (Å²) in [6, 6.07) is 11.6. The summed E-state index contributed by atoms with van der Waals surface area (Å²) in [6.45, 7) is 2.56. The van der Waals surface area contributed by atoms with Crippen LogP contribution in [0.4, 0.5) is 0 Å². The van der Waals surface area contributed by atoms with Crippen molar-refractivity contribution in [2.75, 3.05) is 13.7 Å². The van der Waals surface area contributed by atoms with Gasteiger partial charge in [0.1, 0.15) is 5.75 Å². The maximum Gasteiger partial charge on any atom is 0.244 e. The molecule has 1 amide bonds. The highest BCUT2D eigenvalue weighted by molar-refractivity contribution is 5.92. The Morgan fingerprint density at radius 3 is 2.91 bits per heavy atom. The van der Waals surface area contributed by atoms with Gasteiger partial charge >= 0.3 is 0 Å². The van der Waals surface area contributed by atoms with E-state index in [4.69, 9.17) is 4.74 Å². The van der Waals surface area contributed by atoms with Gasteiger partial charge < -0.3 is 10.1 Å². The van der Waals surface area contributed by atoms with Gasteiger partial charge in [-0.25, -0.2) is 0 Å². The van der Waals surface area contributed by atoms with Crippen molar-refractivity contribution in [3.8, 4) is 5.75 Å². The number of hydrogen-bond donors (Lipinski definition) is 1. The Balaban J connectivity index is 1.87. The average Bonchev–Trinajstić information content (AvgIpc) is 2.54. The minimum absolute atomic E-state index is 0.125. The lowest BCUT2D eigenvalue weighted by Crippen LogP contribution is -2.23. The highest BCUT2D eigenvalue weighted by Crippen LogP contribution is 2.20. The van der Waals surface area contributed by atoms with E-state index in [9.17, 15) is 4.79 Å². The van der Waals surface area contributed by atoms with E-state index in [0.29, 0.717) is 13.0 Å². The number of carbonyl (C=O) groups is 1. The molecule has 0 atom stereocenters. The number of rotatable bonds is 6. The predicted octanol–water partition coefficient (Wildman–Crippen LogP) is 2.77. The summed E-state index contributed by atoms with van der Waals surface area (Å²) >= 11 is 0. The molecule has 0 saturated heterocycles. The molecule has 4 heteroatoms. The summed E-state index contributed by atoms with van der Waals surface area (Å²) in [5.41, 5.74) is 2.98. The molecule has 0 aliphatic heterocycles. The predicted molar refractivity (Wildman–Crippen MR) is 87.7 cm³/mol. The first-order valence-electron chi connectivity index (χ1n) is 7.19. The molecule has 0 spiro atoms. The van der Waals surface area contributed by atoms with Crippen molar-refractivity contribution in [2.24, 2.45) is 0 Å². The fourth-order valence-electron chi connectivity index (χ4n) is 2.07. The number of methoxy groups -OCH3 is 1. The summed E-state index contributed by atoms with van der Waals surface area (Å²) in [5, 5.41) is 2.85. The number of nitrogens with zero attached hydrogens (tertiary/aromatic N) is 1. The van der Waals surface area contributed by atoms with Crippen LogP contribution in [0.2, 0.25) is 0 Å². The van der Waals surface area contributed by atoms with E-state index in [1.54, 1.807) is 19.4 Å². The fraction of sp³-hybridized carbons (Fsp3) is 0.222.